The summed E-state index contributed by atoms with van der Waals surface area (Å²) in [5.74, 6) is 0.665. The highest BCUT2D eigenvalue weighted by Gasteiger charge is 2.28. The Kier molecular flexibility index (Phi) is 3.48. The summed E-state index contributed by atoms with van der Waals surface area (Å²) in [6.45, 7) is 2.20. The molecule has 2 aromatic rings. The van der Waals surface area contributed by atoms with Crippen LogP contribution in [0.25, 0.3) is 0 Å². The van der Waals surface area contributed by atoms with Crippen LogP contribution in [0, 0.1) is 3.57 Å². The van der Waals surface area contributed by atoms with Crippen LogP contribution in [0.4, 0.5) is 5.69 Å². The molecular formula is C15H13ClIN. The minimum Gasteiger partial charge on any atom is -0.369 e. The van der Waals surface area contributed by atoms with Gasteiger partial charge in [-0.05, 0) is 46.4 Å². The number of hydrogen-bond acceptors (Lipinski definition) is 1. The van der Waals surface area contributed by atoms with Crippen molar-refractivity contribution in [3.63, 3.8) is 0 Å². The van der Waals surface area contributed by atoms with Gasteiger partial charge >= 0.3 is 0 Å². The van der Waals surface area contributed by atoms with Gasteiger partial charge in [-0.3, -0.25) is 0 Å². The second-order valence-corrected chi connectivity index (χ2v) is 6.21. The first kappa shape index (κ1) is 12.3. The van der Waals surface area contributed by atoms with Crippen molar-refractivity contribution >= 4 is 39.9 Å². The van der Waals surface area contributed by atoms with Gasteiger partial charge in [-0.15, -0.1) is 0 Å². The van der Waals surface area contributed by atoms with E-state index in [1.807, 2.05) is 12.1 Å². The lowest BCUT2D eigenvalue weighted by molar-refractivity contribution is 0.524. The van der Waals surface area contributed by atoms with Gasteiger partial charge < -0.3 is 4.90 Å². The number of hydrogen-bond donors (Lipinski definition) is 0. The fraction of sp³-hybridized carbons (Fsp3) is 0.200. The smallest absolute Gasteiger partial charge is 0.0503 e. The molecule has 0 aromatic heterocycles. The van der Waals surface area contributed by atoms with Crippen molar-refractivity contribution in [2.45, 2.75) is 5.92 Å². The summed E-state index contributed by atoms with van der Waals surface area (Å²) in [6.07, 6.45) is 0. The van der Waals surface area contributed by atoms with Gasteiger partial charge in [0.1, 0.15) is 0 Å². The highest BCUT2D eigenvalue weighted by atomic mass is 127. The normalized spacial score (nSPS) is 15.6. The van der Waals surface area contributed by atoms with E-state index in [1.54, 1.807) is 0 Å². The van der Waals surface area contributed by atoms with E-state index >= 15 is 0 Å². The van der Waals surface area contributed by atoms with E-state index in [0.717, 1.165) is 18.1 Å². The van der Waals surface area contributed by atoms with Gasteiger partial charge in [-0.25, -0.2) is 0 Å². The van der Waals surface area contributed by atoms with Gasteiger partial charge in [-0.2, -0.15) is 0 Å². The second kappa shape index (κ2) is 5.10. The van der Waals surface area contributed by atoms with E-state index in [-0.39, 0.29) is 0 Å². The molecule has 1 aliphatic rings. The molecule has 0 bridgehead atoms. The van der Waals surface area contributed by atoms with Gasteiger partial charge in [0.05, 0.1) is 5.69 Å². The average Bonchev–Trinajstić information content (AvgIpc) is 2.31. The quantitative estimate of drug-likeness (QED) is 0.702. The zero-order valence-electron chi connectivity index (χ0n) is 9.81. The van der Waals surface area contributed by atoms with E-state index in [9.17, 15) is 0 Å². The molecule has 92 valence electrons. The Hall–Kier alpha value is -0.740. The van der Waals surface area contributed by atoms with Crippen molar-refractivity contribution in [2.24, 2.45) is 0 Å². The molecule has 18 heavy (non-hydrogen) atoms. The van der Waals surface area contributed by atoms with Crippen LogP contribution in [0.3, 0.4) is 0 Å². The van der Waals surface area contributed by atoms with Crippen molar-refractivity contribution in [3.05, 3.63) is 62.7 Å². The molecule has 0 spiro atoms. The maximum absolute atomic E-state index is 5.98. The zero-order chi connectivity index (χ0) is 12.5. The van der Waals surface area contributed by atoms with Crippen LogP contribution in [0.1, 0.15) is 11.5 Å². The molecule has 0 saturated carbocycles. The molecule has 3 rings (SSSR count). The molecule has 0 radical (unpaired) electrons. The number of anilines is 1. The van der Waals surface area contributed by atoms with E-state index in [1.165, 1.54) is 14.8 Å². The molecule has 1 nitrogen and oxygen atoms in total. The lowest BCUT2D eigenvalue weighted by atomic mass is 9.91. The van der Waals surface area contributed by atoms with Gasteiger partial charge in [-0.1, -0.05) is 41.9 Å². The van der Waals surface area contributed by atoms with Crippen molar-refractivity contribution in [1.29, 1.82) is 0 Å². The fourth-order valence-electron chi connectivity index (χ4n) is 2.35. The lowest BCUT2D eigenvalue weighted by Gasteiger charge is -2.42. The Balaban J connectivity index is 1.72. The molecular weight excluding hydrogens is 357 g/mol. The summed E-state index contributed by atoms with van der Waals surface area (Å²) >= 11 is 8.34. The van der Waals surface area contributed by atoms with Crippen LogP contribution in [-0.2, 0) is 0 Å². The molecule has 0 amide bonds. The standard InChI is InChI=1S/C15H13ClIN/c16-13-6-7-15(14(17)8-13)18-9-12(10-18)11-4-2-1-3-5-11/h1-8,12H,9-10H2. The largest absolute Gasteiger partial charge is 0.369 e. The zero-order valence-corrected chi connectivity index (χ0v) is 12.7. The Bertz CT molecular complexity index is 550. The predicted molar refractivity (Wildman–Crippen MR) is 85.6 cm³/mol. The molecule has 2 aromatic carbocycles. The number of nitrogens with zero attached hydrogens (tertiary/aromatic N) is 1. The van der Waals surface area contributed by atoms with E-state index < -0.39 is 0 Å². The summed E-state index contributed by atoms with van der Waals surface area (Å²) in [6, 6.07) is 16.8. The third-order valence-electron chi connectivity index (χ3n) is 3.40. The van der Waals surface area contributed by atoms with Crippen molar-refractivity contribution in [2.75, 3.05) is 18.0 Å². The van der Waals surface area contributed by atoms with Crippen LogP contribution in [0.15, 0.2) is 48.5 Å². The molecule has 1 aliphatic heterocycles. The fourth-order valence-corrected chi connectivity index (χ4v) is 3.56. The first-order valence-electron chi connectivity index (χ1n) is 5.99. The van der Waals surface area contributed by atoms with E-state index in [4.69, 9.17) is 11.6 Å². The summed E-state index contributed by atoms with van der Waals surface area (Å²) in [5.41, 5.74) is 2.74. The molecule has 1 saturated heterocycles. The third-order valence-corrected chi connectivity index (χ3v) is 4.50. The van der Waals surface area contributed by atoms with Crippen LogP contribution < -0.4 is 4.90 Å². The highest BCUT2D eigenvalue weighted by Crippen LogP contribution is 2.34. The highest BCUT2D eigenvalue weighted by molar-refractivity contribution is 14.1. The van der Waals surface area contributed by atoms with Gasteiger partial charge in [0.25, 0.3) is 0 Å². The van der Waals surface area contributed by atoms with Crippen LogP contribution in [-0.4, -0.2) is 13.1 Å². The monoisotopic (exact) mass is 369 g/mol. The molecule has 1 heterocycles. The summed E-state index contributed by atoms with van der Waals surface area (Å²) < 4.78 is 1.23. The Morgan fingerprint density at radius 1 is 1.06 bits per heavy atom. The Morgan fingerprint density at radius 3 is 2.44 bits per heavy atom. The van der Waals surface area contributed by atoms with Crippen LogP contribution in [0.5, 0.6) is 0 Å². The first-order chi connectivity index (χ1) is 8.74. The van der Waals surface area contributed by atoms with E-state index in [0.29, 0.717) is 5.92 Å². The third kappa shape index (κ3) is 2.36. The van der Waals surface area contributed by atoms with Gasteiger partial charge in [0, 0.05) is 27.6 Å². The van der Waals surface area contributed by atoms with Crippen LogP contribution >= 0.6 is 34.2 Å². The van der Waals surface area contributed by atoms with Gasteiger partial charge in [0.15, 0.2) is 0 Å². The molecule has 0 unspecified atom stereocenters. The van der Waals surface area contributed by atoms with E-state index in [2.05, 4.69) is 63.9 Å². The summed E-state index contributed by atoms with van der Waals surface area (Å²) in [4.78, 5) is 2.41. The van der Waals surface area contributed by atoms with Crippen LogP contribution in [0.2, 0.25) is 5.02 Å². The number of rotatable bonds is 2. The minimum absolute atomic E-state index is 0.665. The average molecular weight is 370 g/mol. The maximum atomic E-state index is 5.98. The maximum Gasteiger partial charge on any atom is 0.0503 e. The Morgan fingerprint density at radius 2 is 1.78 bits per heavy atom. The SMILES string of the molecule is Clc1ccc(N2CC(c3ccccc3)C2)c(I)c1. The second-order valence-electron chi connectivity index (χ2n) is 4.61. The van der Waals surface area contributed by atoms with Gasteiger partial charge in [0.2, 0.25) is 0 Å². The topological polar surface area (TPSA) is 3.24 Å². The molecule has 0 aliphatic carbocycles. The molecule has 0 atom stereocenters. The Labute approximate surface area is 126 Å². The first-order valence-corrected chi connectivity index (χ1v) is 7.44. The van der Waals surface area contributed by atoms with Crippen molar-refractivity contribution < 1.29 is 0 Å². The van der Waals surface area contributed by atoms with Crippen molar-refractivity contribution in [1.82, 2.24) is 0 Å². The molecule has 1 fully saturated rings. The lowest BCUT2D eigenvalue weighted by Crippen LogP contribution is -2.45. The summed E-state index contributed by atoms with van der Waals surface area (Å²) in [5, 5.41) is 0.809. The molecule has 3 heteroatoms. The van der Waals surface area contributed by atoms with Crippen molar-refractivity contribution in [3.8, 4) is 0 Å². The molecule has 0 N–H and O–H groups in total. The summed E-state index contributed by atoms with van der Waals surface area (Å²) in [7, 11) is 0. The number of halogens is 2. The predicted octanol–water partition coefficient (Wildman–Crippen LogP) is 4.55. The minimum atomic E-state index is 0.665. The number of benzene rings is 2.